The number of aliphatic hydroxyl groups is 1. The molecule has 3 nitrogen and oxygen atoms in total. The molecule has 2 N–H and O–H groups in total. The predicted octanol–water partition coefficient (Wildman–Crippen LogP) is 3.55. The molecule has 1 heterocycles. The number of fused-ring (bicyclic) bond motifs is 1. The molecule has 1 amide bonds. The van der Waals surface area contributed by atoms with Crippen LogP contribution in [0.1, 0.15) is 65.6 Å². The van der Waals surface area contributed by atoms with E-state index in [1.807, 2.05) is 0 Å². The monoisotopic (exact) mass is 309 g/mol. The topological polar surface area (TPSA) is 49.3 Å². The number of carbonyl (C=O) groups excluding carboxylic acids is 1. The van der Waals surface area contributed by atoms with Gasteiger partial charge in [-0.3, -0.25) is 4.79 Å². The molecule has 0 saturated heterocycles. The minimum Gasteiger partial charge on any atom is -0.396 e. The fourth-order valence-electron chi connectivity index (χ4n) is 2.91. The summed E-state index contributed by atoms with van der Waals surface area (Å²) in [4.78, 5) is 14.6. The molecule has 1 atom stereocenters. The third kappa shape index (κ3) is 4.82. The first-order valence-corrected chi connectivity index (χ1v) is 9.06. The Morgan fingerprint density at radius 3 is 2.81 bits per heavy atom. The second-order valence-corrected chi connectivity index (χ2v) is 7.11. The minimum absolute atomic E-state index is 0.0585. The van der Waals surface area contributed by atoms with Crippen LogP contribution in [-0.4, -0.2) is 24.2 Å². The molecule has 21 heavy (non-hydrogen) atoms. The summed E-state index contributed by atoms with van der Waals surface area (Å²) in [6.07, 6.45) is 9.15. The van der Waals surface area contributed by atoms with E-state index < -0.39 is 0 Å². The Labute approximate surface area is 131 Å². The van der Waals surface area contributed by atoms with Gasteiger partial charge in [-0.1, -0.05) is 26.2 Å². The van der Waals surface area contributed by atoms with Gasteiger partial charge in [0.05, 0.1) is 4.88 Å². The highest BCUT2D eigenvalue weighted by Gasteiger charge is 2.16. The lowest BCUT2D eigenvalue weighted by Crippen LogP contribution is -2.29. The smallest absolute Gasteiger partial charge is 0.261 e. The van der Waals surface area contributed by atoms with Gasteiger partial charge in [0.1, 0.15) is 0 Å². The van der Waals surface area contributed by atoms with Crippen LogP contribution < -0.4 is 5.32 Å². The molecule has 0 bridgehead atoms. The lowest BCUT2D eigenvalue weighted by molar-refractivity contribution is 0.0947. The molecule has 2 rings (SSSR count). The molecule has 0 aromatic carbocycles. The summed E-state index contributed by atoms with van der Waals surface area (Å²) in [5, 5.41) is 12.0. The van der Waals surface area contributed by atoms with Gasteiger partial charge in [-0.15, -0.1) is 11.3 Å². The highest BCUT2D eigenvalue weighted by molar-refractivity contribution is 7.14. The van der Waals surface area contributed by atoms with Crippen LogP contribution in [-0.2, 0) is 12.8 Å². The second-order valence-electron chi connectivity index (χ2n) is 5.97. The zero-order chi connectivity index (χ0) is 15.1. The summed E-state index contributed by atoms with van der Waals surface area (Å²) in [6.45, 7) is 2.96. The standard InChI is InChI=1S/C17H27NO2S/c1-2-13(9-10-19)12-18-17(20)16-11-14-7-5-3-4-6-8-15(14)21-16/h11,13,19H,2-10,12H2,1H3,(H,18,20). The lowest BCUT2D eigenvalue weighted by Gasteiger charge is -2.13. The van der Waals surface area contributed by atoms with Crippen LogP contribution in [0.3, 0.4) is 0 Å². The van der Waals surface area contributed by atoms with E-state index in [9.17, 15) is 4.79 Å². The van der Waals surface area contributed by atoms with Crippen molar-refractivity contribution in [2.45, 2.75) is 58.3 Å². The van der Waals surface area contributed by atoms with Gasteiger partial charge in [-0.05, 0) is 49.7 Å². The molecule has 0 radical (unpaired) electrons. The van der Waals surface area contributed by atoms with Crippen LogP contribution in [0.15, 0.2) is 6.07 Å². The van der Waals surface area contributed by atoms with E-state index in [4.69, 9.17) is 5.11 Å². The summed E-state index contributed by atoms with van der Waals surface area (Å²) in [5.74, 6) is 0.433. The van der Waals surface area contributed by atoms with E-state index >= 15 is 0 Å². The van der Waals surface area contributed by atoms with Crippen LogP contribution >= 0.6 is 11.3 Å². The molecule has 118 valence electrons. The molecule has 1 aromatic heterocycles. The number of aliphatic hydroxyl groups excluding tert-OH is 1. The molecule has 4 heteroatoms. The van der Waals surface area contributed by atoms with Crippen molar-refractivity contribution in [1.29, 1.82) is 0 Å². The van der Waals surface area contributed by atoms with Crippen LogP contribution in [0.25, 0.3) is 0 Å². The molecule has 0 fully saturated rings. The Morgan fingerprint density at radius 2 is 2.10 bits per heavy atom. The number of hydrogen-bond acceptors (Lipinski definition) is 3. The van der Waals surface area contributed by atoms with Crippen molar-refractivity contribution in [3.05, 3.63) is 21.4 Å². The van der Waals surface area contributed by atoms with Crippen molar-refractivity contribution < 1.29 is 9.90 Å². The molecule has 0 saturated carbocycles. The third-order valence-electron chi connectivity index (χ3n) is 4.39. The first-order valence-electron chi connectivity index (χ1n) is 8.25. The van der Waals surface area contributed by atoms with Gasteiger partial charge < -0.3 is 10.4 Å². The largest absolute Gasteiger partial charge is 0.396 e. The van der Waals surface area contributed by atoms with E-state index in [0.717, 1.165) is 30.6 Å². The molecular formula is C17H27NO2S. The van der Waals surface area contributed by atoms with Gasteiger partial charge in [0.2, 0.25) is 0 Å². The van der Waals surface area contributed by atoms with Crippen LogP contribution in [0.5, 0.6) is 0 Å². The fourth-order valence-corrected chi connectivity index (χ4v) is 4.08. The SMILES string of the molecule is CCC(CCO)CNC(=O)c1cc2c(s1)CCCCCC2. The molecule has 1 aliphatic carbocycles. The average Bonchev–Trinajstić information content (AvgIpc) is 2.85. The average molecular weight is 309 g/mol. The first kappa shape index (κ1) is 16.5. The van der Waals surface area contributed by atoms with Crippen LogP contribution in [0.4, 0.5) is 0 Å². The fraction of sp³-hybridized carbons (Fsp3) is 0.706. The van der Waals surface area contributed by atoms with Gasteiger partial charge in [-0.25, -0.2) is 0 Å². The molecule has 1 unspecified atom stereocenters. The maximum absolute atomic E-state index is 12.3. The van der Waals surface area contributed by atoms with Crippen molar-refractivity contribution in [1.82, 2.24) is 5.32 Å². The van der Waals surface area contributed by atoms with Gasteiger partial charge in [0.15, 0.2) is 0 Å². The molecule has 1 aromatic rings. The molecule has 0 spiro atoms. The number of amides is 1. The Bertz CT molecular complexity index is 430. The summed E-state index contributed by atoms with van der Waals surface area (Å²) in [5.41, 5.74) is 1.40. The Hall–Kier alpha value is -0.870. The number of aryl methyl sites for hydroxylation is 2. The van der Waals surface area contributed by atoms with E-state index in [-0.39, 0.29) is 12.5 Å². The van der Waals surface area contributed by atoms with Gasteiger partial charge in [-0.2, -0.15) is 0 Å². The van der Waals surface area contributed by atoms with Gasteiger partial charge >= 0.3 is 0 Å². The Morgan fingerprint density at radius 1 is 1.33 bits per heavy atom. The van der Waals surface area contributed by atoms with Crippen LogP contribution in [0, 0.1) is 5.92 Å². The van der Waals surface area contributed by atoms with E-state index in [2.05, 4.69) is 18.3 Å². The van der Waals surface area contributed by atoms with Crippen molar-refractivity contribution in [3.8, 4) is 0 Å². The Balaban J connectivity index is 1.94. The zero-order valence-corrected chi connectivity index (χ0v) is 13.8. The summed E-state index contributed by atoms with van der Waals surface area (Å²) in [6, 6.07) is 2.10. The highest BCUT2D eigenvalue weighted by atomic mass is 32.1. The number of rotatable bonds is 6. The Kier molecular flexibility index (Phi) is 6.71. The first-order chi connectivity index (χ1) is 10.2. The lowest BCUT2D eigenvalue weighted by atomic mass is 9.99. The van der Waals surface area contributed by atoms with Gasteiger partial charge in [0.25, 0.3) is 5.91 Å². The number of thiophene rings is 1. The number of carbonyl (C=O) groups is 1. The molecule has 0 aliphatic heterocycles. The van der Waals surface area contributed by atoms with Gasteiger partial charge in [0, 0.05) is 18.0 Å². The highest BCUT2D eigenvalue weighted by Crippen LogP contribution is 2.28. The maximum atomic E-state index is 12.3. The predicted molar refractivity (Wildman–Crippen MR) is 88.0 cm³/mol. The third-order valence-corrected chi connectivity index (χ3v) is 5.62. The van der Waals surface area contributed by atoms with E-state index in [1.54, 1.807) is 11.3 Å². The van der Waals surface area contributed by atoms with E-state index in [1.165, 1.54) is 36.1 Å². The summed E-state index contributed by atoms with van der Waals surface area (Å²) < 4.78 is 0. The second kappa shape index (κ2) is 8.54. The maximum Gasteiger partial charge on any atom is 0.261 e. The van der Waals surface area contributed by atoms with Crippen molar-refractivity contribution >= 4 is 17.2 Å². The van der Waals surface area contributed by atoms with Crippen molar-refractivity contribution in [2.24, 2.45) is 5.92 Å². The summed E-state index contributed by atoms with van der Waals surface area (Å²) in [7, 11) is 0. The van der Waals surface area contributed by atoms with E-state index in [0.29, 0.717) is 12.5 Å². The zero-order valence-electron chi connectivity index (χ0n) is 13.0. The van der Waals surface area contributed by atoms with Crippen LogP contribution in [0.2, 0.25) is 0 Å². The number of hydrogen-bond donors (Lipinski definition) is 2. The molecular weight excluding hydrogens is 282 g/mol. The molecule has 1 aliphatic rings. The van der Waals surface area contributed by atoms with Crippen molar-refractivity contribution in [2.75, 3.05) is 13.2 Å². The minimum atomic E-state index is 0.0585. The number of nitrogens with one attached hydrogen (secondary N) is 1. The normalized spacial score (nSPS) is 16.7. The van der Waals surface area contributed by atoms with Crippen molar-refractivity contribution in [3.63, 3.8) is 0 Å². The quantitative estimate of drug-likeness (QED) is 0.844. The summed E-state index contributed by atoms with van der Waals surface area (Å²) >= 11 is 1.68.